The predicted octanol–water partition coefficient (Wildman–Crippen LogP) is 5.50. The van der Waals surface area contributed by atoms with E-state index < -0.39 is 11.5 Å². The molecule has 28 heavy (non-hydrogen) atoms. The fourth-order valence-electron chi connectivity index (χ4n) is 4.26. The van der Waals surface area contributed by atoms with E-state index in [-0.39, 0.29) is 25.0 Å². The van der Waals surface area contributed by atoms with Gasteiger partial charge in [0.1, 0.15) is 12.7 Å². The van der Waals surface area contributed by atoms with Crippen LogP contribution in [0.1, 0.15) is 76.7 Å². The number of carbonyl (C=O) groups excluding carboxylic acids is 2. The van der Waals surface area contributed by atoms with Crippen LogP contribution in [-0.4, -0.2) is 18.0 Å². The van der Waals surface area contributed by atoms with Gasteiger partial charge in [-0.25, -0.2) is 0 Å². The number of fused-ring (bicyclic) bond motifs is 1. The van der Waals surface area contributed by atoms with Crippen molar-refractivity contribution in [3.8, 4) is 0 Å². The molecule has 0 amide bonds. The van der Waals surface area contributed by atoms with Crippen molar-refractivity contribution in [2.24, 2.45) is 5.41 Å². The number of hydrogen-bond donors (Lipinski definition) is 0. The second kappa shape index (κ2) is 9.90. The third kappa shape index (κ3) is 5.24. The zero-order valence-corrected chi connectivity index (χ0v) is 17.0. The fraction of sp³-hybridized carbons (Fsp3) is 0.583. The normalized spacial score (nSPS) is 28.1. The molecule has 1 aromatic carbocycles. The van der Waals surface area contributed by atoms with Crippen LogP contribution in [0.2, 0.25) is 0 Å². The maximum Gasteiger partial charge on any atom is 0.316 e. The van der Waals surface area contributed by atoms with Crippen LogP contribution in [0.15, 0.2) is 42.0 Å². The van der Waals surface area contributed by atoms with Gasteiger partial charge in [0.05, 0.1) is 11.8 Å². The molecule has 0 unspecified atom stereocenters. The van der Waals surface area contributed by atoms with Crippen molar-refractivity contribution in [3.05, 3.63) is 47.5 Å². The SMILES string of the molecule is C[C@]12CCCCCCCCC/C=C/1[C@@H](CC(=O)OCc1ccccc1)OC2=O. The van der Waals surface area contributed by atoms with E-state index in [1.807, 2.05) is 37.3 Å². The maximum absolute atomic E-state index is 12.7. The highest BCUT2D eigenvalue weighted by Gasteiger charge is 2.49. The first kappa shape index (κ1) is 20.6. The minimum absolute atomic E-state index is 0.0972. The molecule has 0 spiro atoms. The Hall–Kier alpha value is -2.10. The molecule has 4 heteroatoms. The standard InChI is InChI=1S/C24H32O4/c1-24-16-12-7-5-3-2-4-6-11-15-20(24)21(28-23(24)26)17-22(25)27-18-19-13-9-8-10-14-19/h8-10,13-15,21H,2-7,11-12,16-18H2,1H3/b20-15+/t21-,24+/m1/s1. The summed E-state index contributed by atoms with van der Waals surface area (Å²) in [5.74, 6) is -0.505. The number of hydrogen-bond acceptors (Lipinski definition) is 4. The average molecular weight is 385 g/mol. The molecule has 0 bridgehead atoms. The first-order valence-corrected chi connectivity index (χ1v) is 10.7. The van der Waals surface area contributed by atoms with Gasteiger partial charge in [0, 0.05) is 0 Å². The average Bonchev–Trinajstić information content (AvgIpc) is 2.91. The summed E-state index contributed by atoms with van der Waals surface area (Å²) in [7, 11) is 0. The molecule has 1 fully saturated rings. The molecule has 1 aromatic rings. The van der Waals surface area contributed by atoms with E-state index >= 15 is 0 Å². The third-order valence-corrected chi connectivity index (χ3v) is 6.02. The van der Waals surface area contributed by atoms with Crippen molar-refractivity contribution < 1.29 is 19.1 Å². The number of benzene rings is 1. The van der Waals surface area contributed by atoms with Crippen molar-refractivity contribution in [1.29, 1.82) is 0 Å². The summed E-state index contributed by atoms with van der Waals surface area (Å²) < 4.78 is 11.1. The van der Waals surface area contributed by atoms with Gasteiger partial charge in [0.2, 0.25) is 0 Å². The van der Waals surface area contributed by atoms with E-state index in [1.165, 1.54) is 25.7 Å². The molecule has 1 heterocycles. The quantitative estimate of drug-likeness (QED) is 0.508. The zero-order valence-electron chi connectivity index (χ0n) is 17.0. The number of cyclic esters (lactones) is 1. The van der Waals surface area contributed by atoms with Gasteiger partial charge in [-0.3, -0.25) is 9.59 Å². The lowest BCUT2D eigenvalue weighted by molar-refractivity contribution is -0.152. The van der Waals surface area contributed by atoms with Crippen molar-refractivity contribution in [1.82, 2.24) is 0 Å². The molecule has 0 aromatic heterocycles. The van der Waals surface area contributed by atoms with E-state index in [2.05, 4.69) is 6.08 Å². The summed E-state index contributed by atoms with van der Waals surface area (Å²) in [6, 6.07) is 9.62. The summed E-state index contributed by atoms with van der Waals surface area (Å²) in [4.78, 5) is 25.1. The second-order valence-electron chi connectivity index (χ2n) is 8.25. The maximum atomic E-state index is 12.7. The Labute approximate surface area is 168 Å². The first-order valence-electron chi connectivity index (χ1n) is 10.7. The Kier molecular flexibility index (Phi) is 7.30. The van der Waals surface area contributed by atoms with Gasteiger partial charge < -0.3 is 9.47 Å². The van der Waals surface area contributed by atoms with Gasteiger partial charge in [-0.15, -0.1) is 0 Å². The van der Waals surface area contributed by atoms with Crippen molar-refractivity contribution in [3.63, 3.8) is 0 Å². The predicted molar refractivity (Wildman–Crippen MR) is 108 cm³/mol. The van der Waals surface area contributed by atoms with Crippen LogP contribution >= 0.6 is 0 Å². The highest BCUT2D eigenvalue weighted by Crippen LogP contribution is 2.45. The summed E-state index contributed by atoms with van der Waals surface area (Å²) in [5, 5.41) is 0. The van der Waals surface area contributed by atoms with Gasteiger partial charge in [-0.05, 0) is 37.3 Å². The molecular weight excluding hydrogens is 352 g/mol. The molecule has 1 aliphatic carbocycles. The topological polar surface area (TPSA) is 52.6 Å². The van der Waals surface area contributed by atoms with E-state index in [9.17, 15) is 9.59 Å². The van der Waals surface area contributed by atoms with Crippen LogP contribution in [0.25, 0.3) is 0 Å². The van der Waals surface area contributed by atoms with E-state index in [0.717, 1.165) is 43.2 Å². The molecule has 0 N–H and O–H groups in total. The summed E-state index contributed by atoms with van der Waals surface area (Å²) in [5.41, 5.74) is 1.35. The number of carbonyl (C=O) groups is 2. The van der Waals surface area contributed by atoms with Gasteiger partial charge in [-0.1, -0.05) is 74.9 Å². The molecule has 2 aliphatic rings. The summed E-state index contributed by atoms with van der Waals surface area (Å²) in [6.45, 7) is 2.24. The molecule has 0 saturated carbocycles. The molecular formula is C24H32O4. The van der Waals surface area contributed by atoms with Crippen LogP contribution < -0.4 is 0 Å². The number of allylic oxidation sites excluding steroid dienone is 1. The van der Waals surface area contributed by atoms with Crippen LogP contribution in [0.3, 0.4) is 0 Å². The Morgan fingerprint density at radius 1 is 1.07 bits per heavy atom. The van der Waals surface area contributed by atoms with Crippen LogP contribution in [0.5, 0.6) is 0 Å². The van der Waals surface area contributed by atoms with E-state index in [0.29, 0.717) is 0 Å². The monoisotopic (exact) mass is 384 g/mol. The molecule has 3 rings (SSSR count). The van der Waals surface area contributed by atoms with Gasteiger partial charge >= 0.3 is 11.9 Å². The highest BCUT2D eigenvalue weighted by molar-refractivity contribution is 5.85. The lowest BCUT2D eigenvalue weighted by Crippen LogP contribution is -2.25. The Morgan fingerprint density at radius 3 is 2.50 bits per heavy atom. The second-order valence-corrected chi connectivity index (χ2v) is 8.25. The van der Waals surface area contributed by atoms with Crippen LogP contribution in [0.4, 0.5) is 0 Å². The van der Waals surface area contributed by atoms with Crippen LogP contribution in [-0.2, 0) is 25.7 Å². The van der Waals surface area contributed by atoms with Crippen LogP contribution in [0, 0.1) is 5.41 Å². The first-order chi connectivity index (χ1) is 13.6. The van der Waals surface area contributed by atoms with Crippen molar-refractivity contribution >= 4 is 11.9 Å². The molecule has 152 valence electrons. The molecule has 0 radical (unpaired) electrons. The number of ether oxygens (including phenoxy) is 2. The Balaban J connectivity index is 1.66. The molecule has 1 aliphatic heterocycles. The van der Waals surface area contributed by atoms with E-state index in [1.54, 1.807) is 0 Å². The number of rotatable bonds is 4. The Bertz CT molecular complexity index is 694. The summed E-state index contributed by atoms with van der Waals surface area (Å²) in [6.07, 6.45) is 11.8. The minimum Gasteiger partial charge on any atom is -0.461 e. The largest absolute Gasteiger partial charge is 0.461 e. The van der Waals surface area contributed by atoms with Crippen molar-refractivity contribution in [2.45, 2.75) is 83.8 Å². The molecule has 1 saturated heterocycles. The zero-order chi connectivity index (χ0) is 19.8. The summed E-state index contributed by atoms with van der Waals surface area (Å²) >= 11 is 0. The van der Waals surface area contributed by atoms with E-state index in [4.69, 9.17) is 9.47 Å². The fourth-order valence-corrected chi connectivity index (χ4v) is 4.26. The smallest absolute Gasteiger partial charge is 0.316 e. The highest BCUT2D eigenvalue weighted by atomic mass is 16.6. The van der Waals surface area contributed by atoms with Crippen molar-refractivity contribution in [2.75, 3.05) is 0 Å². The van der Waals surface area contributed by atoms with Gasteiger partial charge in [0.25, 0.3) is 0 Å². The molecule has 4 nitrogen and oxygen atoms in total. The van der Waals surface area contributed by atoms with Gasteiger partial charge in [0.15, 0.2) is 0 Å². The lowest BCUT2D eigenvalue weighted by Gasteiger charge is -2.23. The minimum atomic E-state index is -0.594. The lowest BCUT2D eigenvalue weighted by atomic mass is 9.76. The Morgan fingerprint density at radius 2 is 1.75 bits per heavy atom. The molecule has 2 atom stereocenters. The third-order valence-electron chi connectivity index (χ3n) is 6.02. The van der Waals surface area contributed by atoms with Gasteiger partial charge in [-0.2, -0.15) is 0 Å². The number of esters is 2.